The van der Waals surface area contributed by atoms with Gasteiger partial charge in [-0.1, -0.05) is 36.4 Å². The number of hydrogen-bond donors (Lipinski definition) is 3. The van der Waals surface area contributed by atoms with Crippen molar-refractivity contribution in [3.63, 3.8) is 0 Å². The molecule has 1 fully saturated rings. The van der Waals surface area contributed by atoms with Crippen LogP contribution >= 0.6 is 19.6 Å². The number of benzene rings is 2. The zero-order valence-corrected chi connectivity index (χ0v) is 20.4. The highest BCUT2D eigenvalue weighted by Gasteiger charge is 2.40. The van der Waals surface area contributed by atoms with Crippen LogP contribution in [0, 0.1) is 0 Å². The lowest BCUT2D eigenvalue weighted by atomic mass is 10.1. The molecular weight excluding hydrogens is 509 g/mol. The number of rotatable bonds is 8. The van der Waals surface area contributed by atoms with Gasteiger partial charge in [0.25, 0.3) is 5.91 Å². The highest BCUT2D eigenvalue weighted by Crippen LogP contribution is 2.45. The zero-order chi connectivity index (χ0) is 25.7. The van der Waals surface area contributed by atoms with Gasteiger partial charge in [-0.2, -0.15) is 4.98 Å². The molecule has 3 N–H and O–H groups in total. The standard InChI is InChI=1S/C23H22N3O8PS/c27-21(15-7-3-1-4-8-15)24-19-11-12-26(23(29)25-19)20-13-17(18(36-20)14-33-35(30,31)32)34-22(28)16-9-5-2-6-10-16/h1-12,17-18,20H,13-14H2,(H2,30,31,32)(H,24,25,27,29)/t17-,18-,20-/m1/s1. The van der Waals surface area contributed by atoms with Gasteiger partial charge in [0.1, 0.15) is 11.9 Å². The summed E-state index contributed by atoms with van der Waals surface area (Å²) in [5.74, 6) is -0.952. The fourth-order valence-corrected chi connectivity index (χ4v) is 5.52. The second-order valence-electron chi connectivity index (χ2n) is 7.78. The van der Waals surface area contributed by atoms with Crippen molar-refractivity contribution in [3.05, 3.63) is 94.5 Å². The van der Waals surface area contributed by atoms with E-state index >= 15 is 0 Å². The number of aromatic nitrogens is 2. The minimum atomic E-state index is -4.76. The lowest BCUT2D eigenvalue weighted by Crippen LogP contribution is -2.29. The van der Waals surface area contributed by atoms with Crippen LogP contribution in [0.3, 0.4) is 0 Å². The molecule has 3 aromatic rings. The molecule has 13 heteroatoms. The quantitative estimate of drug-likeness (QED) is 0.292. The third kappa shape index (κ3) is 6.68. The Labute approximate surface area is 209 Å². The van der Waals surface area contributed by atoms with Crippen LogP contribution in [0.25, 0.3) is 0 Å². The monoisotopic (exact) mass is 531 g/mol. The summed E-state index contributed by atoms with van der Waals surface area (Å²) in [4.78, 5) is 59.8. The first-order valence-corrected chi connectivity index (χ1v) is 13.2. The summed E-state index contributed by atoms with van der Waals surface area (Å²) < 4.78 is 22.8. The number of anilines is 1. The van der Waals surface area contributed by atoms with E-state index in [4.69, 9.17) is 14.5 Å². The molecule has 0 bridgehead atoms. The third-order valence-electron chi connectivity index (χ3n) is 5.27. The van der Waals surface area contributed by atoms with E-state index in [2.05, 4.69) is 14.8 Å². The topological polar surface area (TPSA) is 157 Å². The molecule has 1 aromatic heterocycles. The second-order valence-corrected chi connectivity index (χ2v) is 10.4. The highest BCUT2D eigenvalue weighted by atomic mass is 32.2. The van der Waals surface area contributed by atoms with Crippen LogP contribution in [-0.2, 0) is 13.8 Å². The predicted molar refractivity (Wildman–Crippen MR) is 132 cm³/mol. The Morgan fingerprint density at radius 3 is 2.31 bits per heavy atom. The van der Waals surface area contributed by atoms with E-state index in [1.54, 1.807) is 60.7 Å². The van der Waals surface area contributed by atoms with E-state index in [9.17, 15) is 18.9 Å². The maximum Gasteiger partial charge on any atom is 0.469 e. The van der Waals surface area contributed by atoms with Crippen LogP contribution in [0.4, 0.5) is 5.82 Å². The molecular formula is C23H22N3O8PS. The van der Waals surface area contributed by atoms with Gasteiger partial charge in [0.2, 0.25) is 0 Å². The van der Waals surface area contributed by atoms with E-state index in [0.717, 1.165) is 0 Å². The second kappa shape index (κ2) is 11.2. The summed E-state index contributed by atoms with van der Waals surface area (Å²) in [5.41, 5.74) is 0.0757. The largest absolute Gasteiger partial charge is 0.469 e. The van der Waals surface area contributed by atoms with Crippen molar-refractivity contribution >= 4 is 37.3 Å². The molecule has 0 unspecified atom stereocenters. The molecule has 0 saturated carbocycles. The summed E-state index contributed by atoms with van der Waals surface area (Å²) in [7, 11) is -4.76. The lowest BCUT2D eigenvalue weighted by Gasteiger charge is -2.19. The highest BCUT2D eigenvalue weighted by molar-refractivity contribution is 8.00. The number of amides is 1. The number of esters is 1. The summed E-state index contributed by atoms with van der Waals surface area (Å²) in [6.07, 6.45) is 0.842. The van der Waals surface area contributed by atoms with Crippen LogP contribution in [-0.4, -0.2) is 49.2 Å². The molecule has 0 radical (unpaired) electrons. The van der Waals surface area contributed by atoms with Crippen LogP contribution in [0.5, 0.6) is 0 Å². The van der Waals surface area contributed by atoms with E-state index in [0.29, 0.717) is 11.1 Å². The maximum absolute atomic E-state index is 12.7. The molecule has 36 heavy (non-hydrogen) atoms. The number of phosphoric acid groups is 1. The molecule has 0 aliphatic carbocycles. The van der Waals surface area contributed by atoms with Crippen LogP contribution < -0.4 is 11.0 Å². The number of thioether (sulfide) groups is 1. The Morgan fingerprint density at radius 2 is 1.69 bits per heavy atom. The Hall–Kier alpha value is -3.28. The smallest absolute Gasteiger partial charge is 0.457 e. The van der Waals surface area contributed by atoms with Crippen LogP contribution in [0.2, 0.25) is 0 Å². The van der Waals surface area contributed by atoms with Crippen LogP contribution in [0.1, 0.15) is 32.5 Å². The van der Waals surface area contributed by atoms with Crippen molar-refractivity contribution in [2.75, 3.05) is 11.9 Å². The van der Waals surface area contributed by atoms with Crippen molar-refractivity contribution in [3.8, 4) is 0 Å². The summed E-state index contributed by atoms with van der Waals surface area (Å²) >= 11 is 1.17. The molecule has 11 nitrogen and oxygen atoms in total. The molecule has 1 amide bonds. The third-order valence-corrected chi connectivity index (χ3v) is 7.28. The Bertz CT molecular complexity index is 1330. The average Bonchev–Trinajstić information content (AvgIpc) is 3.25. The first-order chi connectivity index (χ1) is 17.2. The Balaban J connectivity index is 1.49. The maximum atomic E-state index is 12.7. The number of hydrogen-bond acceptors (Lipinski definition) is 8. The normalized spacial score (nSPS) is 19.6. The summed E-state index contributed by atoms with van der Waals surface area (Å²) in [6, 6.07) is 18.2. The number of phosphoric ester groups is 1. The summed E-state index contributed by atoms with van der Waals surface area (Å²) in [6.45, 7) is -0.397. The Kier molecular flexibility index (Phi) is 8.02. The van der Waals surface area contributed by atoms with Gasteiger partial charge in [-0.3, -0.25) is 13.9 Å². The molecule has 1 aliphatic rings. The van der Waals surface area contributed by atoms with Gasteiger partial charge in [0.05, 0.1) is 22.8 Å². The number of nitrogens with one attached hydrogen (secondary N) is 1. The molecule has 1 saturated heterocycles. The van der Waals surface area contributed by atoms with Gasteiger partial charge in [0.15, 0.2) is 0 Å². The van der Waals surface area contributed by atoms with Gasteiger partial charge < -0.3 is 19.8 Å². The summed E-state index contributed by atoms with van der Waals surface area (Å²) in [5, 5.41) is 1.36. The molecule has 1 aliphatic heterocycles. The molecule has 2 heterocycles. The zero-order valence-electron chi connectivity index (χ0n) is 18.7. The van der Waals surface area contributed by atoms with Crippen molar-refractivity contribution in [2.45, 2.75) is 23.1 Å². The van der Waals surface area contributed by atoms with Crippen LogP contribution in [0.15, 0.2) is 77.7 Å². The lowest BCUT2D eigenvalue weighted by molar-refractivity contribution is 0.0254. The molecule has 2 aromatic carbocycles. The number of nitrogens with zero attached hydrogens (tertiary/aromatic N) is 2. The van der Waals surface area contributed by atoms with E-state index in [1.807, 2.05) is 0 Å². The number of ether oxygens (including phenoxy) is 1. The van der Waals surface area contributed by atoms with Crippen molar-refractivity contribution in [1.82, 2.24) is 9.55 Å². The first-order valence-electron chi connectivity index (χ1n) is 10.8. The van der Waals surface area contributed by atoms with E-state index in [-0.39, 0.29) is 12.2 Å². The minimum Gasteiger partial charge on any atom is -0.457 e. The van der Waals surface area contributed by atoms with Crippen molar-refractivity contribution in [1.29, 1.82) is 0 Å². The van der Waals surface area contributed by atoms with Crippen molar-refractivity contribution < 1.29 is 33.2 Å². The van der Waals surface area contributed by atoms with Gasteiger partial charge in [-0.05, 0) is 30.3 Å². The first kappa shape index (κ1) is 25.8. The fraction of sp³-hybridized carbons (Fsp3) is 0.217. The van der Waals surface area contributed by atoms with Gasteiger partial charge in [-0.15, -0.1) is 11.8 Å². The molecule has 0 spiro atoms. The predicted octanol–water partition coefficient (Wildman–Crippen LogP) is 2.83. The van der Waals surface area contributed by atoms with Gasteiger partial charge in [-0.25, -0.2) is 14.2 Å². The molecule has 4 rings (SSSR count). The van der Waals surface area contributed by atoms with Crippen molar-refractivity contribution in [2.24, 2.45) is 0 Å². The van der Waals surface area contributed by atoms with E-state index in [1.165, 1.54) is 28.6 Å². The van der Waals surface area contributed by atoms with Gasteiger partial charge in [0, 0.05) is 18.2 Å². The Morgan fingerprint density at radius 1 is 1.06 bits per heavy atom. The van der Waals surface area contributed by atoms with Gasteiger partial charge >= 0.3 is 19.5 Å². The minimum absolute atomic E-state index is 0.0709. The number of carbonyl (C=O) groups excluding carboxylic acids is 2. The SMILES string of the molecule is O=C(Nc1ccn([C@H]2C[C@@H](OC(=O)c3ccccc3)[C@@H](COP(=O)(O)O)S2)c(=O)n1)c1ccccc1. The van der Waals surface area contributed by atoms with E-state index < -0.39 is 48.7 Å². The molecule has 3 atom stereocenters. The number of carbonyl (C=O) groups is 2. The molecule has 188 valence electrons. The fourth-order valence-electron chi connectivity index (χ4n) is 3.58. The average molecular weight is 531 g/mol.